The predicted octanol–water partition coefficient (Wildman–Crippen LogP) is 4.16. The van der Waals surface area contributed by atoms with Crippen molar-refractivity contribution < 1.29 is 8.81 Å². The lowest BCUT2D eigenvalue weighted by Crippen LogP contribution is -2.12. The molecule has 1 N–H and O–H groups in total. The van der Waals surface area contributed by atoms with Crippen LogP contribution in [0.15, 0.2) is 44.7 Å². The lowest BCUT2D eigenvalue weighted by Gasteiger charge is -2.11. The van der Waals surface area contributed by atoms with Crippen molar-refractivity contribution in [1.82, 2.24) is 5.32 Å². The van der Waals surface area contributed by atoms with Crippen molar-refractivity contribution in [3.05, 3.63) is 47.7 Å². The van der Waals surface area contributed by atoms with Gasteiger partial charge in [-0.3, -0.25) is 0 Å². The Labute approximate surface area is 111 Å². The molecule has 2 nitrogen and oxygen atoms in total. The van der Waals surface area contributed by atoms with Crippen LogP contribution in [0.5, 0.6) is 0 Å². The van der Waals surface area contributed by atoms with Crippen molar-refractivity contribution in [2.24, 2.45) is 0 Å². The van der Waals surface area contributed by atoms with Crippen molar-refractivity contribution in [3.8, 4) is 0 Å². The Morgan fingerprint density at radius 2 is 2.06 bits per heavy atom. The average molecular weight is 265 g/mol. The van der Waals surface area contributed by atoms with Crippen molar-refractivity contribution in [1.29, 1.82) is 0 Å². The molecule has 2 rings (SSSR count). The molecule has 0 spiro atoms. The molecule has 1 heterocycles. The zero-order valence-electron chi connectivity index (χ0n) is 10.7. The summed E-state index contributed by atoms with van der Waals surface area (Å²) in [4.78, 5) is 1.56. The minimum absolute atomic E-state index is 0.147. The Morgan fingerprint density at radius 3 is 2.61 bits per heavy atom. The van der Waals surface area contributed by atoms with Gasteiger partial charge in [0, 0.05) is 10.9 Å². The Morgan fingerprint density at radius 1 is 1.28 bits per heavy atom. The van der Waals surface area contributed by atoms with Crippen molar-refractivity contribution in [2.45, 2.75) is 29.7 Å². The van der Waals surface area contributed by atoms with E-state index in [0.29, 0.717) is 4.90 Å². The summed E-state index contributed by atoms with van der Waals surface area (Å²) in [5.74, 6) is 0.618. The first-order chi connectivity index (χ1) is 8.61. The van der Waals surface area contributed by atoms with E-state index < -0.39 is 0 Å². The van der Waals surface area contributed by atoms with E-state index >= 15 is 0 Å². The van der Waals surface area contributed by atoms with E-state index in [9.17, 15) is 4.39 Å². The van der Waals surface area contributed by atoms with Gasteiger partial charge in [-0.05, 0) is 44.7 Å². The second-order valence-corrected chi connectivity index (χ2v) is 5.23. The molecule has 0 aliphatic rings. The van der Waals surface area contributed by atoms with Crippen LogP contribution in [-0.2, 0) is 0 Å². The standard InChI is InChI=1S/C14H16FNOS/c1-9(16-3)11-4-5-14(12(15)8-11)18-13-6-7-17-10(13)2/h4-9,16H,1-3H3. The summed E-state index contributed by atoms with van der Waals surface area (Å²) >= 11 is 1.39. The number of benzene rings is 1. The van der Waals surface area contributed by atoms with Gasteiger partial charge in [0.2, 0.25) is 0 Å². The molecule has 1 atom stereocenters. The molecule has 0 saturated carbocycles. The number of furan rings is 1. The monoisotopic (exact) mass is 265 g/mol. The van der Waals surface area contributed by atoms with Crippen LogP contribution in [0.1, 0.15) is 24.3 Å². The number of hydrogen-bond acceptors (Lipinski definition) is 3. The average Bonchev–Trinajstić information content (AvgIpc) is 2.76. The highest BCUT2D eigenvalue weighted by atomic mass is 32.2. The van der Waals surface area contributed by atoms with E-state index in [1.807, 2.05) is 39.1 Å². The van der Waals surface area contributed by atoms with E-state index in [-0.39, 0.29) is 11.9 Å². The van der Waals surface area contributed by atoms with Gasteiger partial charge in [0.1, 0.15) is 11.6 Å². The Kier molecular flexibility index (Phi) is 4.09. The van der Waals surface area contributed by atoms with Gasteiger partial charge in [0.15, 0.2) is 0 Å². The largest absolute Gasteiger partial charge is 0.468 e. The van der Waals surface area contributed by atoms with Crippen LogP contribution in [0.25, 0.3) is 0 Å². The fraction of sp³-hybridized carbons (Fsp3) is 0.286. The van der Waals surface area contributed by atoms with Crippen LogP contribution in [-0.4, -0.2) is 7.05 Å². The van der Waals surface area contributed by atoms with Crippen LogP contribution >= 0.6 is 11.8 Å². The van der Waals surface area contributed by atoms with Crippen molar-refractivity contribution in [2.75, 3.05) is 7.05 Å². The third-order valence-electron chi connectivity index (χ3n) is 2.92. The van der Waals surface area contributed by atoms with Crippen LogP contribution in [0.4, 0.5) is 4.39 Å². The number of rotatable bonds is 4. The molecular formula is C14H16FNOS. The summed E-state index contributed by atoms with van der Waals surface area (Å²) in [5.41, 5.74) is 0.947. The van der Waals surface area contributed by atoms with Gasteiger partial charge < -0.3 is 9.73 Å². The van der Waals surface area contributed by atoms with Crippen LogP contribution in [0.3, 0.4) is 0 Å². The fourth-order valence-corrected chi connectivity index (χ4v) is 2.48. The molecular weight excluding hydrogens is 249 g/mol. The second-order valence-electron chi connectivity index (χ2n) is 4.14. The molecule has 0 bridgehead atoms. The highest BCUT2D eigenvalue weighted by Crippen LogP contribution is 2.33. The zero-order chi connectivity index (χ0) is 13.1. The fourth-order valence-electron chi connectivity index (χ4n) is 1.63. The highest BCUT2D eigenvalue weighted by Gasteiger charge is 2.11. The van der Waals surface area contributed by atoms with Gasteiger partial charge in [-0.1, -0.05) is 17.8 Å². The third kappa shape index (κ3) is 2.76. The van der Waals surface area contributed by atoms with E-state index in [4.69, 9.17) is 4.42 Å². The maximum Gasteiger partial charge on any atom is 0.137 e. The first-order valence-corrected chi connectivity index (χ1v) is 6.62. The second kappa shape index (κ2) is 5.59. The summed E-state index contributed by atoms with van der Waals surface area (Å²) in [6.45, 7) is 3.87. The lowest BCUT2D eigenvalue weighted by atomic mass is 10.1. The third-order valence-corrected chi connectivity index (χ3v) is 4.11. The minimum atomic E-state index is -0.194. The molecule has 1 aromatic carbocycles. The Bertz CT molecular complexity index is 538. The summed E-state index contributed by atoms with van der Waals surface area (Å²) in [6, 6.07) is 7.34. The molecule has 0 amide bonds. The molecule has 2 aromatic rings. The maximum atomic E-state index is 14.0. The molecule has 0 aliphatic carbocycles. The predicted molar refractivity (Wildman–Crippen MR) is 71.4 cm³/mol. The van der Waals surface area contributed by atoms with Gasteiger partial charge in [0.25, 0.3) is 0 Å². The minimum Gasteiger partial charge on any atom is -0.468 e. The first kappa shape index (κ1) is 13.2. The normalized spacial score (nSPS) is 12.7. The van der Waals surface area contributed by atoms with Crippen molar-refractivity contribution >= 4 is 11.8 Å². The number of halogens is 1. The maximum absolute atomic E-state index is 14.0. The lowest BCUT2D eigenvalue weighted by molar-refractivity contribution is 0.526. The number of hydrogen-bond donors (Lipinski definition) is 1. The topological polar surface area (TPSA) is 25.2 Å². The summed E-state index contributed by atoms with van der Waals surface area (Å²) < 4.78 is 19.2. The van der Waals surface area contributed by atoms with Gasteiger partial charge in [-0.2, -0.15) is 0 Å². The van der Waals surface area contributed by atoms with E-state index in [0.717, 1.165) is 16.2 Å². The molecule has 1 aromatic heterocycles. The van der Waals surface area contributed by atoms with Crippen LogP contribution in [0.2, 0.25) is 0 Å². The van der Waals surface area contributed by atoms with Crippen molar-refractivity contribution in [3.63, 3.8) is 0 Å². The first-order valence-electron chi connectivity index (χ1n) is 5.80. The number of nitrogens with one attached hydrogen (secondary N) is 1. The molecule has 0 fully saturated rings. The quantitative estimate of drug-likeness (QED) is 0.898. The van der Waals surface area contributed by atoms with E-state index in [2.05, 4.69) is 5.32 Å². The molecule has 1 unspecified atom stereocenters. The Hall–Kier alpha value is -1.26. The molecule has 18 heavy (non-hydrogen) atoms. The summed E-state index contributed by atoms with van der Waals surface area (Å²) in [6.07, 6.45) is 1.62. The SMILES string of the molecule is CNC(C)c1ccc(Sc2ccoc2C)c(F)c1. The van der Waals surface area contributed by atoms with E-state index in [1.165, 1.54) is 11.8 Å². The van der Waals surface area contributed by atoms with Gasteiger partial charge in [0.05, 0.1) is 11.2 Å². The Balaban J connectivity index is 2.23. The molecule has 0 saturated heterocycles. The summed E-state index contributed by atoms with van der Waals surface area (Å²) in [5, 5.41) is 3.09. The van der Waals surface area contributed by atoms with Gasteiger partial charge >= 0.3 is 0 Å². The molecule has 4 heteroatoms. The van der Waals surface area contributed by atoms with Gasteiger partial charge in [-0.25, -0.2) is 4.39 Å². The number of aryl methyl sites for hydroxylation is 1. The zero-order valence-corrected chi connectivity index (χ0v) is 11.5. The molecule has 0 aliphatic heterocycles. The van der Waals surface area contributed by atoms with E-state index in [1.54, 1.807) is 12.3 Å². The van der Waals surface area contributed by atoms with Crippen LogP contribution in [0, 0.1) is 12.7 Å². The van der Waals surface area contributed by atoms with Crippen LogP contribution < -0.4 is 5.32 Å². The molecule has 0 radical (unpaired) electrons. The molecule has 96 valence electrons. The smallest absolute Gasteiger partial charge is 0.137 e. The van der Waals surface area contributed by atoms with Gasteiger partial charge in [-0.15, -0.1) is 0 Å². The summed E-state index contributed by atoms with van der Waals surface area (Å²) in [7, 11) is 1.86. The highest BCUT2D eigenvalue weighted by molar-refractivity contribution is 7.99.